The number of aromatic nitrogens is 3. The molecule has 0 amide bonds. The van der Waals surface area contributed by atoms with Gasteiger partial charge in [0.25, 0.3) is 5.56 Å². The second-order valence-electron chi connectivity index (χ2n) is 6.10. The third-order valence-corrected chi connectivity index (χ3v) is 4.75. The molecule has 1 fully saturated rings. The van der Waals surface area contributed by atoms with Gasteiger partial charge in [-0.3, -0.25) is 4.79 Å². The Balaban J connectivity index is 1.96. The van der Waals surface area contributed by atoms with E-state index < -0.39 is 5.97 Å². The average Bonchev–Trinajstić information content (AvgIpc) is 3.29. The molecule has 2 heterocycles. The first-order valence-electron chi connectivity index (χ1n) is 7.61. The van der Waals surface area contributed by atoms with Gasteiger partial charge in [-0.2, -0.15) is 0 Å². The Bertz CT molecular complexity index is 1050. The molecule has 122 valence electrons. The highest BCUT2D eigenvalue weighted by molar-refractivity contribution is 6.31. The van der Waals surface area contributed by atoms with Crippen LogP contribution in [0.3, 0.4) is 0 Å². The van der Waals surface area contributed by atoms with Crippen LogP contribution in [-0.2, 0) is 0 Å². The molecule has 1 saturated carbocycles. The molecule has 0 atom stereocenters. The first-order valence-corrected chi connectivity index (χ1v) is 7.99. The number of aryl methyl sites for hydroxylation is 1. The average molecular weight is 344 g/mol. The van der Waals surface area contributed by atoms with Gasteiger partial charge >= 0.3 is 5.97 Å². The fraction of sp³-hybridized carbons (Fsp3) is 0.235. The van der Waals surface area contributed by atoms with Crippen LogP contribution in [0.1, 0.15) is 40.2 Å². The monoisotopic (exact) mass is 343 g/mol. The molecule has 6 nitrogen and oxygen atoms in total. The summed E-state index contributed by atoms with van der Waals surface area (Å²) in [5.74, 6) is -0.561. The molecule has 1 aliphatic carbocycles. The quantitative estimate of drug-likeness (QED) is 0.764. The van der Waals surface area contributed by atoms with Gasteiger partial charge in [0.1, 0.15) is 5.52 Å². The molecule has 24 heavy (non-hydrogen) atoms. The molecule has 2 N–H and O–H groups in total. The summed E-state index contributed by atoms with van der Waals surface area (Å²) < 4.78 is 1.37. The van der Waals surface area contributed by atoms with Crippen molar-refractivity contribution in [3.63, 3.8) is 0 Å². The lowest BCUT2D eigenvalue weighted by Crippen LogP contribution is -2.14. The molecular formula is C17H14ClN3O3. The summed E-state index contributed by atoms with van der Waals surface area (Å²) in [4.78, 5) is 26.8. The Morgan fingerprint density at radius 1 is 1.42 bits per heavy atom. The van der Waals surface area contributed by atoms with Gasteiger partial charge < -0.3 is 10.1 Å². The van der Waals surface area contributed by atoms with Crippen LogP contribution in [0.15, 0.2) is 29.2 Å². The van der Waals surface area contributed by atoms with Gasteiger partial charge in [0, 0.05) is 22.3 Å². The smallest absolute Gasteiger partial charge is 0.337 e. The zero-order valence-electron chi connectivity index (χ0n) is 12.8. The number of carboxylic acid groups (broad SMARTS) is 1. The second kappa shape index (κ2) is 5.21. The summed E-state index contributed by atoms with van der Waals surface area (Å²) >= 11 is 6.14. The van der Waals surface area contributed by atoms with E-state index in [9.17, 15) is 14.7 Å². The van der Waals surface area contributed by atoms with E-state index in [4.69, 9.17) is 11.6 Å². The van der Waals surface area contributed by atoms with Crippen LogP contribution in [0.4, 0.5) is 0 Å². The van der Waals surface area contributed by atoms with Gasteiger partial charge in [-0.25, -0.2) is 9.31 Å². The highest BCUT2D eigenvalue weighted by Crippen LogP contribution is 2.43. The minimum absolute atomic E-state index is 0.128. The number of fused-ring (bicyclic) bond motifs is 1. The Morgan fingerprint density at radius 2 is 2.17 bits per heavy atom. The maximum atomic E-state index is 12.6. The van der Waals surface area contributed by atoms with E-state index in [1.165, 1.54) is 10.7 Å². The van der Waals surface area contributed by atoms with Gasteiger partial charge in [-0.05, 0) is 37.3 Å². The predicted octanol–water partition coefficient (Wildman–Crippen LogP) is 3.23. The number of nitrogens with zero attached hydrogens (tertiary/aromatic N) is 2. The lowest BCUT2D eigenvalue weighted by atomic mass is 10.1. The van der Waals surface area contributed by atoms with E-state index >= 15 is 0 Å². The number of nitrogens with one attached hydrogen (secondary N) is 1. The molecule has 0 spiro atoms. The number of hydrogen-bond acceptors (Lipinski definition) is 3. The summed E-state index contributed by atoms with van der Waals surface area (Å²) in [7, 11) is 0. The predicted molar refractivity (Wildman–Crippen MR) is 89.9 cm³/mol. The highest BCUT2D eigenvalue weighted by Gasteiger charge is 2.33. The van der Waals surface area contributed by atoms with Crippen LogP contribution in [-0.4, -0.2) is 25.7 Å². The van der Waals surface area contributed by atoms with Crippen molar-refractivity contribution in [2.45, 2.75) is 25.7 Å². The minimum Gasteiger partial charge on any atom is -0.478 e. The summed E-state index contributed by atoms with van der Waals surface area (Å²) in [5, 5.41) is 14.4. The van der Waals surface area contributed by atoms with Gasteiger partial charge in [-0.15, -0.1) is 5.10 Å². The van der Waals surface area contributed by atoms with Crippen molar-refractivity contribution in [2.24, 2.45) is 0 Å². The number of aromatic carboxylic acids is 1. The lowest BCUT2D eigenvalue weighted by Gasteiger charge is -2.05. The van der Waals surface area contributed by atoms with Crippen molar-refractivity contribution in [1.82, 2.24) is 14.6 Å². The summed E-state index contributed by atoms with van der Waals surface area (Å²) in [6.45, 7) is 1.89. The minimum atomic E-state index is -1.04. The van der Waals surface area contributed by atoms with Crippen molar-refractivity contribution < 1.29 is 9.90 Å². The van der Waals surface area contributed by atoms with Gasteiger partial charge in [0.05, 0.1) is 5.56 Å². The largest absolute Gasteiger partial charge is 0.478 e. The number of hydrogen-bond donors (Lipinski definition) is 2. The molecule has 2 aromatic heterocycles. The zero-order chi connectivity index (χ0) is 17.0. The van der Waals surface area contributed by atoms with Crippen LogP contribution in [0.2, 0.25) is 5.02 Å². The van der Waals surface area contributed by atoms with Crippen LogP contribution in [0, 0.1) is 6.92 Å². The third-order valence-electron chi connectivity index (χ3n) is 4.34. The number of benzene rings is 1. The summed E-state index contributed by atoms with van der Waals surface area (Å²) in [5.41, 5.74) is 2.31. The molecule has 0 radical (unpaired) electrons. The van der Waals surface area contributed by atoms with Crippen LogP contribution >= 0.6 is 11.6 Å². The zero-order valence-corrected chi connectivity index (χ0v) is 13.6. The van der Waals surface area contributed by atoms with Crippen LogP contribution < -0.4 is 5.56 Å². The maximum absolute atomic E-state index is 12.6. The Labute approximate surface area is 141 Å². The summed E-state index contributed by atoms with van der Waals surface area (Å²) in [6.07, 6.45) is 3.21. The normalized spacial score (nSPS) is 14.2. The third kappa shape index (κ3) is 2.30. The molecule has 1 aromatic carbocycles. The number of rotatable bonds is 3. The number of carbonyl (C=O) groups is 1. The molecule has 7 heteroatoms. The van der Waals surface area contributed by atoms with E-state index in [1.54, 1.807) is 6.07 Å². The molecule has 0 bridgehead atoms. The standard InChI is InChI=1S/C17H14ClN3O3/c1-8-2-3-10(6-12(8)18)15-19-16(22)14-13(9-4-5-9)11(17(23)24)7-21(14)20-15/h2-3,6-7,9H,4-5H2,1H3,(H,23,24)(H,19,20,22). The summed E-state index contributed by atoms with van der Waals surface area (Å²) in [6, 6.07) is 5.38. The van der Waals surface area contributed by atoms with E-state index in [0.29, 0.717) is 27.5 Å². The van der Waals surface area contributed by atoms with Crippen molar-refractivity contribution in [3.05, 3.63) is 56.5 Å². The van der Waals surface area contributed by atoms with Gasteiger partial charge in [0.2, 0.25) is 0 Å². The topological polar surface area (TPSA) is 87.5 Å². The number of aromatic amines is 1. The van der Waals surface area contributed by atoms with Crippen molar-refractivity contribution >= 4 is 23.1 Å². The molecule has 0 saturated heterocycles. The molecule has 1 aliphatic rings. The molecule has 0 unspecified atom stereocenters. The first kappa shape index (κ1) is 15.0. The maximum Gasteiger partial charge on any atom is 0.337 e. The fourth-order valence-electron chi connectivity index (χ4n) is 2.94. The molecule has 3 aromatic rings. The molecule has 4 rings (SSSR count). The SMILES string of the molecule is Cc1ccc(-c2nn3cc(C(=O)O)c(C4CC4)c3c(=O)[nH]2)cc1Cl. The number of H-pyrrole nitrogens is 1. The number of carboxylic acids is 1. The Kier molecular flexibility index (Phi) is 3.25. The van der Waals surface area contributed by atoms with Crippen molar-refractivity contribution in [3.8, 4) is 11.4 Å². The van der Waals surface area contributed by atoms with Crippen molar-refractivity contribution in [2.75, 3.05) is 0 Å². The Hall–Kier alpha value is -2.60. The Morgan fingerprint density at radius 3 is 2.79 bits per heavy atom. The van der Waals surface area contributed by atoms with E-state index in [0.717, 1.165) is 18.4 Å². The van der Waals surface area contributed by atoms with Gasteiger partial charge in [-0.1, -0.05) is 23.7 Å². The fourth-order valence-corrected chi connectivity index (χ4v) is 3.12. The molecule has 0 aliphatic heterocycles. The van der Waals surface area contributed by atoms with E-state index in [-0.39, 0.29) is 17.0 Å². The van der Waals surface area contributed by atoms with Crippen LogP contribution in [0.5, 0.6) is 0 Å². The number of halogens is 1. The highest BCUT2D eigenvalue weighted by atomic mass is 35.5. The lowest BCUT2D eigenvalue weighted by molar-refractivity contribution is 0.0696. The second-order valence-corrected chi connectivity index (χ2v) is 6.50. The van der Waals surface area contributed by atoms with E-state index in [1.807, 2.05) is 19.1 Å². The first-order chi connectivity index (χ1) is 11.5. The van der Waals surface area contributed by atoms with Gasteiger partial charge in [0.15, 0.2) is 5.82 Å². The molecular weight excluding hydrogens is 330 g/mol. The van der Waals surface area contributed by atoms with Crippen molar-refractivity contribution in [1.29, 1.82) is 0 Å². The van der Waals surface area contributed by atoms with E-state index in [2.05, 4.69) is 10.1 Å². The van der Waals surface area contributed by atoms with Crippen LogP contribution in [0.25, 0.3) is 16.9 Å².